The van der Waals surface area contributed by atoms with Gasteiger partial charge >= 0.3 is 0 Å². The molecule has 1 aromatic heterocycles. The van der Waals surface area contributed by atoms with Crippen molar-refractivity contribution in [1.29, 1.82) is 0 Å². The van der Waals surface area contributed by atoms with Gasteiger partial charge in [0.15, 0.2) is 0 Å². The summed E-state index contributed by atoms with van der Waals surface area (Å²) in [5.41, 5.74) is 1.14. The van der Waals surface area contributed by atoms with E-state index in [1.807, 2.05) is 31.2 Å². The topological polar surface area (TPSA) is 59.8 Å². The van der Waals surface area contributed by atoms with Gasteiger partial charge in [0.25, 0.3) is 11.1 Å². The molecule has 0 N–H and O–H groups in total. The van der Waals surface area contributed by atoms with Crippen molar-refractivity contribution in [3.8, 4) is 5.75 Å². The zero-order valence-electron chi connectivity index (χ0n) is 12.5. The van der Waals surface area contributed by atoms with Crippen LogP contribution >= 0.6 is 11.8 Å². The number of thioether (sulfide) groups is 1. The average molecular weight is 329 g/mol. The first-order chi connectivity index (χ1) is 11.1. The summed E-state index contributed by atoms with van der Waals surface area (Å²) in [6.07, 6.45) is 3.09. The molecule has 0 bridgehead atoms. The molecule has 118 valence electrons. The zero-order chi connectivity index (χ0) is 16.2. The van der Waals surface area contributed by atoms with Crippen LogP contribution in [0.2, 0.25) is 0 Å². The molecule has 2 heterocycles. The van der Waals surface area contributed by atoms with Crippen LogP contribution in [0.4, 0.5) is 4.79 Å². The molecule has 1 aromatic carbocycles. The highest BCUT2D eigenvalue weighted by molar-refractivity contribution is 8.18. The third-order valence-corrected chi connectivity index (χ3v) is 4.20. The Labute approximate surface area is 137 Å². The summed E-state index contributed by atoms with van der Waals surface area (Å²) in [7, 11) is 0. The van der Waals surface area contributed by atoms with Crippen LogP contribution in [-0.4, -0.2) is 29.2 Å². The Bertz CT molecular complexity index is 734. The summed E-state index contributed by atoms with van der Waals surface area (Å²) >= 11 is 0.911. The van der Waals surface area contributed by atoms with E-state index in [-0.39, 0.29) is 24.3 Å². The summed E-state index contributed by atoms with van der Waals surface area (Å²) in [4.78, 5) is 25.7. The molecule has 5 nitrogen and oxygen atoms in total. The summed E-state index contributed by atoms with van der Waals surface area (Å²) in [5, 5.41) is -0.291. The predicted molar refractivity (Wildman–Crippen MR) is 88.1 cm³/mol. The lowest BCUT2D eigenvalue weighted by Crippen LogP contribution is -2.32. The molecule has 1 aliphatic rings. The molecular weight excluding hydrogens is 314 g/mol. The van der Waals surface area contributed by atoms with Crippen LogP contribution in [-0.2, 0) is 4.79 Å². The second-order valence-electron chi connectivity index (χ2n) is 5.01. The van der Waals surface area contributed by atoms with Gasteiger partial charge < -0.3 is 9.15 Å². The summed E-state index contributed by atoms with van der Waals surface area (Å²) in [6.45, 7) is 2.47. The number of benzene rings is 1. The summed E-state index contributed by atoms with van der Waals surface area (Å²) < 4.78 is 10.7. The highest BCUT2D eigenvalue weighted by Crippen LogP contribution is 2.32. The molecule has 1 aliphatic heterocycles. The minimum absolute atomic E-state index is 0.216. The molecular formula is C17H15NO4S. The van der Waals surface area contributed by atoms with Gasteiger partial charge in [0, 0.05) is 6.08 Å². The van der Waals surface area contributed by atoms with E-state index in [9.17, 15) is 9.59 Å². The number of imide groups is 1. The lowest BCUT2D eigenvalue weighted by molar-refractivity contribution is -0.123. The maximum Gasteiger partial charge on any atom is 0.293 e. The van der Waals surface area contributed by atoms with Gasteiger partial charge in [-0.15, -0.1) is 0 Å². The van der Waals surface area contributed by atoms with Crippen molar-refractivity contribution in [3.63, 3.8) is 0 Å². The van der Waals surface area contributed by atoms with E-state index in [2.05, 4.69) is 0 Å². The van der Waals surface area contributed by atoms with Crippen molar-refractivity contribution in [2.45, 2.75) is 6.92 Å². The predicted octanol–water partition coefficient (Wildman–Crippen LogP) is 3.70. The highest BCUT2D eigenvalue weighted by Gasteiger charge is 2.34. The first-order valence-electron chi connectivity index (χ1n) is 7.12. The van der Waals surface area contributed by atoms with Crippen molar-refractivity contribution in [1.82, 2.24) is 4.90 Å². The van der Waals surface area contributed by atoms with Crippen molar-refractivity contribution in [2.24, 2.45) is 0 Å². The molecule has 3 rings (SSSR count). The molecule has 23 heavy (non-hydrogen) atoms. The Kier molecular flexibility index (Phi) is 4.52. The first-order valence-corrected chi connectivity index (χ1v) is 7.93. The molecule has 0 aliphatic carbocycles. The number of rotatable bonds is 5. The van der Waals surface area contributed by atoms with Gasteiger partial charge in [-0.1, -0.05) is 17.7 Å². The minimum Gasteiger partial charge on any atom is -0.492 e. The van der Waals surface area contributed by atoms with Gasteiger partial charge in [-0.2, -0.15) is 0 Å². The number of hydrogen-bond acceptors (Lipinski definition) is 5. The second-order valence-corrected chi connectivity index (χ2v) is 6.00. The van der Waals surface area contributed by atoms with Crippen molar-refractivity contribution < 1.29 is 18.7 Å². The molecule has 0 unspecified atom stereocenters. The van der Waals surface area contributed by atoms with E-state index in [0.29, 0.717) is 16.4 Å². The van der Waals surface area contributed by atoms with Crippen LogP contribution in [0.25, 0.3) is 6.08 Å². The number of amides is 2. The molecule has 0 spiro atoms. The molecule has 0 atom stereocenters. The van der Waals surface area contributed by atoms with Gasteiger partial charge in [-0.3, -0.25) is 14.5 Å². The van der Waals surface area contributed by atoms with E-state index in [0.717, 1.165) is 17.3 Å². The molecule has 2 aromatic rings. The van der Waals surface area contributed by atoms with E-state index >= 15 is 0 Å². The highest BCUT2D eigenvalue weighted by atomic mass is 32.2. The third-order valence-electron chi connectivity index (χ3n) is 3.29. The van der Waals surface area contributed by atoms with Crippen LogP contribution in [0.15, 0.2) is 52.0 Å². The number of carbonyl (C=O) groups is 2. The van der Waals surface area contributed by atoms with Crippen molar-refractivity contribution in [2.75, 3.05) is 13.2 Å². The Hall–Kier alpha value is -2.47. The standard InChI is InChI=1S/C17H15NO4S/c1-12-4-6-13(7-5-12)22-10-8-18-16(19)15(23-17(18)20)11-14-3-2-9-21-14/h2-7,9,11H,8,10H2,1H3/b15-11-. The van der Waals surface area contributed by atoms with Crippen LogP contribution < -0.4 is 4.74 Å². The number of nitrogens with zero attached hydrogens (tertiary/aromatic N) is 1. The van der Waals surface area contributed by atoms with Crippen molar-refractivity contribution >= 4 is 29.0 Å². The summed E-state index contributed by atoms with van der Waals surface area (Å²) in [6, 6.07) is 11.1. The normalized spacial score (nSPS) is 16.4. The fourth-order valence-electron chi connectivity index (χ4n) is 2.08. The van der Waals surface area contributed by atoms with Gasteiger partial charge in [0.2, 0.25) is 0 Å². The summed E-state index contributed by atoms with van der Waals surface area (Å²) in [5.74, 6) is 0.948. The van der Waals surface area contributed by atoms with Crippen LogP contribution in [0.1, 0.15) is 11.3 Å². The third kappa shape index (κ3) is 3.65. The van der Waals surface area contributed by atoms with Crippen LogP contribution in [0, 0.1) is 6.92 Å². The number of furan rings is 1. The molecule has 6 heteroatoms. The Morgan fingerprint density at radius 3 is 2.70 bits per heavy atom. The monoisotopic (exact) mass is 329 g/mol. The van der Waals surface area contributed by atoms with E-state index < -0.39 is 0 Å². The lowest BCUT2D eigenvalue weighted by Gasteiger charge is -2.13. The number of ether oxygens (including phenoxy) is 1. The largest absolute Gasteiger partial charge is 0.492 e. The minimum atomic E-state index is -0.316. The van der Waals surface area contributed by atoms with E-state index in [1.165, 1.54) is 11.2 Å². The molecule has 1 fully saturated rings. The Morgan fingerprint density at radius 2 is 2.00 bits per heavy atom. The van der Waals surface area contributed by atoms with Gasteiger partial charge in [0.05, 0.1) is 17.7 Å². The van der Waals surface area contributed by atoms with Gasteiger partial charge in [-0.25, -0.2) is 0 Å². The number of aryl methyl sites for hydroxylation is 1. The molecule has 0 radical (unpaired) electrons. The maximum atomic E-state index is 12.2. The molecule has 2 amide bonds. The molecule has 1 saturated heterocycles. The Morgan fingerprint density at radius 1 is 1.22 bits per heavy atom. The Balaban J connectivity index is 1.59. The van der Waals surface area contributed by atoms with Crippen LogP contribution in [0.3, 0.4) is 0 Å². The van der Waals surface area contributed by atoms with E-state index in [4.69, 9.17) is 9.15 Å². The number of hydrogen-bond donors (Lipinski definition) is 0. The molecule has 0 saturated carbocycles. The van der Waals surface area contributed by atoms with Crippen LogP contribution in [0.5, 0.6) is 5.75 Å². The first kappa shape index (κ1) is 15.4. The van der Waals surface area contributed by atoms with E-state index in [1.54, 1.807) is 18.2 Å². The zero-order valence-corrected chi connectivity index (χ0v) is 13.3. The second kappa shape index (κ2) is 6.75. The van der Waals surface area contributed by atoms with Gasteiger partial charge in [-0.05, 0) is 43.0 Å². The average Bonchev–Trinajstić information content (AvgIpc) is 3.13. The lowest BCUT2D eigenvalue weighted by atomic mass is 10.2. The SMILES string of the molecule is Cc1ccc(OCCN2C(=O)S/C(=C\c3ccco3)C2=O)cc1. The fraction of sp³-hybridized carbons (Fsp3) is 0.176. The quantitative estimate of drug-likeness (QED) is 0.783. The van der Waals surface area contributed by atoms with Crippen molar-refractivity contribution in [3.05, 3.63) is 58.9 Å². The van der Waals surface area contributed by atoms with Gasteiger partial charge in [0.1, 0.15) is 18.1 Å². The number of carbonyl (C=O) groups excluding carboxylic acids is 2. The maximum absolute atomic E-state index is 12.2. The fourth-order valence-corrected chi connectivity index (χ4v) is 2.93. The smallest absolute Gasteiger partial charge is 0.293 e.